The fourth-order valence-electron chi connectivity index (χ4n) is 4.29. The van der Waals surface area contributed by atoms with Crippen molar-refractivity contribution < 1.29 is 22.9 Å². The van der Waals surface area contributed by atoms with Crippen LogP contribution in [0, 0.1) is 16.0 Å². The van der Waals surface area contributed by atoms with Crippen LogP contribution < -0.4 is 4.74 Å². The Balaban J connectivity index is 1.51. The second-order valence-corrected chi connectivity index (χ2v) is 9.51. The molecule has 8 nitrogen and oxygen atoms in total. The lowest BCUT2D eigenvalue weighted by Gasteiger charge is -2.42. The van der Waals surface area contributed by atoms with Crippen LogP contribution in [-0.2, 0) is 14.8 Å². The minimum Gasteiger partial charge on any atom is -0.457 e. The minimum atomic E-state index is -3.71. The van der Waals surface area contributed by atoms with E-state index in [1.54, 1.807) is 12.1 Å². The Morgan fingerprint density at radius 2 is 1.57 bits per heavy atom. The van der Waals surface area contributed by atoms with Crippen molar-refractivity contribution in [3.05, 3.63) is 58.6 Å². The fraction of sp³-hybridized carbons (Fsp3) is 0.381. The van der Waals surface area contributed by atoms with Gasteiger partial charge in [-0.3, -0.25) is 14.9 Å². The van der Waals surface area contributed by atoms with Gasteiger partial charge in [0.2, 0.25) is 10.0 Å². The first-order valence-electron chi connectivity index (χ1n) is 9.93. The minimum absolute atomic E-state index is 0.0372. The maximum atomic E-state index is 13.2. The number of rotatable bonds is 5. The van der Waals surface area contributed by atoms with Crippen molar-refractivity contribution in [1.29, 1.82) is 0 Å². The summed E-state index contributed by atoms with van der Waals surface area (Å²) >= 11 is 0. The van der Waals surface area contributed by atoms with E-state index in [4.69, 9.17) is 4.74 Å². The number of hydrogen-bond donors (Lipinski definition) is 0. The number of non-ortho nitro benzene ring substituents is 1. The number of ketones is 1. The average Bonchev–Trinajstić information content (AvgIpc) is 2.75. The summed E-state index contributed by atoms with van der Waals surface area (Å²) in [5.74, 6) is 0.827. The molecule has 2 fully saturated rings. The maximum Gasteiger partial charge on any atom is 0.269 e. The summed E-state index contributed by atoms with van der Waals surface area (Å²) in [6.45, 7) is 0.226. The quantitative estimate of drug-likeness (QED) is 0.526. The van der Waals surface area contributed by atoms with Gasteiger partial charge in [0.1, 0.15) is 17.3 Å². The molecule has 1 aliphatic heterocycles. The number of carbonyl (C=O) groups is 1. The van der Waals surface area contributed by atoms with Crippen LogP contribution in [0.2, 0.25) is 0 Å². The zero-order valence-corrected chi connectivity index (χ0v) is 17.1. The number of nitrogens with zero attached hydrogens (tertiary/aromatic N) is 2. The highest BCUT2D eigenvalue weighted by molar-refractivity contribution is 7.89. The zero-order valence-electron chi connectivity index (χ0n) is 16.3. The number of Topliss-reactive ketones (excluding diaryl/α,β-unsaturated/α-hetero) is 1. The molecule has 30 heavy (non-hydrogen) atoms. The van der Waals surface area contributed by atoms with Crippen LogP contribution in [0.15, 0.2) is 53.4 Å². The molecule has 2 aliphatic rings. The summed E-state index contributed by atoms with van der Waals surface area (Å²) in [5.41, 5.74) is -0.0372. The van der Waals surface area contributed by atoms with E-state index in [0.717, 1.165) is 25.7 Å². The number of nitro groups is 1. The predicted octanol–water partition coefficient (Wildman–Crippen LogP) is 3.91. The molecular formula is C21H22N2O6S. The highest BCUT2D eigenvalue weighted by atomic mass is 32.2. The van der Waals surface area contributed by atoms with Crippen molar-refractivity contribution in [2.75, 3.05) is 6.54 Å². The van der Waals surface area contributed by atoms with Crippen LogP contribution >= 0.6 is 0 Å². The van der Waals surface area contributed by atoms with Crippen molar-refractivity contribution in [3.8, 4) is 11.5 Å². The van der Waals surface area contributed by atoms with Gasteiger partial charge in [0.15, 0.2) is 0 Å². The van der Waals surface area contributed by atoms with Gasteiger partial charge in [-0.2, -0.15) is 4.31 Å². The van der Waals surface area contributed by atoms with E-state index in [0.29, 0.717) is 11.5 Å². The Labute approximate surface area is 174 Å². The van der Waals surface area contributed by atoms with E-state index in [9.17, 15) is 23.3 Å². The lowest BCUT2D eigenvalue weighted by atomic mass is 9.79. The lowest BCUT2D eigenvalue weighted by molar-refractivity contribution is -0.384. The van der Waals surface area contributed by atoms with Crippen molar-refractivity contribution in [1.82, 2.24) is 4.31 Å². The highest BCUT2D eigenvalue weighted by Gasteiger charge is 2.43. The maximum absolute atomic E-state index is 13.2. The Bertz CT molecular complexity index is 1050. The first-order valence-corrected chi connectivity index (χ1v) is 11.4. The van der Waals surface area contributed by atoms with Gasteiger partial charge in [0.05, 0.1) is 9.82 Å². The molecular weight excluding hydrogens is 408 g/mol. The standard InChI is InChI=1S/C21H22N2O6S/c24-21-13-14-22(20-4-2-1-3-19(20)21)30(27,28)18-11-9-17(10-12-18)29-16-7-5-15(6-8-16)23(25)26/h5-12,19-20H,1-4,13-14H2/t19-,20-/m1/s1. The van der Waals surface area contributed by atoms with Crippen LogP contribution in [-0.4, -0.2) is 36.0 Å². The van der Waals surface area contributed by atoms with Crippen LogP contribution in [0.25, 0.3) is 0 Å². The third-order valence-electron chi connectivity index (χ3n) is 5.81. The number of ether oxygens (including phenoxy) is 1. The molecule has 1 aliphatic carbocycles. The van der Waals surface area contributed by atoms with E-state index in [2.05, 4.69) is 0 Å². The molecule has 0 unspecified atom stereocenters. The average molecular weight is 430 g/mol. The number of nitro benzene ring substituents is 1. The Morgan fingerprint density at radius 1 is 0.967 bits per heavy atom. The SMILES string of the molecule is O=C1CCN(S(=O)(=O)c2ccc(Oc3ccc([N+](=O)[O-])cc3)cc2)[C@@H]2CCCC[C@@H]12. The van der Waals surface area contributed by atoms with E-state index in [-0.39, 0.29) is 41.3 Å². The summed E-state index contributed by atoms with van der Waals surface area (Å²) < 4.78 is 33.6. The Kier molecular flexibility index (Phi) is 5.57. The molecule has 0 spiro atoms. The van der Waals surface area contributed by atoms with Gasteiger partial charge in [-0.25, -0.2) is 8.42 Å². The predicted molar refractivity (Wildman–Crippen MR) is 109 cm³/mol. The number of fused-ring (bicyclic) bond motifs is 1. The monoisotopic (exact) mass is 430 g/mol. The first-order chi connectivity index (χ1) is 14.4. The molecule has 0 amide bonds. The first kappa shape index (κ1) is 20.5. The molecule has 9 heteroatoms. The second kappa shape index (κ2) is 8.16. The largest absolute Gasteiger partial charge is 0.457 e. The molecule has 1 heterocycles. The summed E-state index contributed by atoms with van der Waals surface area (Å²) in [6.07, 6.45) is 3.65. The van der Waals surface area contributed by atoms with Gasteiger partial charge in [-0.15, -0.1) is 0 Å². The second-order valence-electron chi connectivity index (χ2n) is 7.61. The third kappa shape index (κ3) is 3.95. The molecule has 0 radical (unpaired) electrons. The van der Waals surface area contributed by atoms with Crippen LogP contribution in [0.1, 0.15) is 32.1 Å². The molecule has 2 aromatic rings. The number of piperidine rings is 1. The van der Waals surface area contributed by atoms with Gasteiger partial charge in [0.25, 0.3) is 5.69 Å². The van der Waals surface area contributed by atoms with E-state index in [1.807, 2.05) is 0 Å². The van der Waals surface area contributed by atoms with Crippen LogP contribution in [0.4, 0.5) is 5.69 Å². The normalized spacial score (nSPS) is 22.3. The van der Waals surface area contributed by atoms with Gasteiger partial charge in [0, 0.05) is 37.1 Å². The highest BCUT2D eigenvalue weighted by Crippen LogP contribution is 2.36. The molecule has 0 N–H and O–H groups in total. The van der Waals surface area contributed by atoms with E-state index < -0.39 is 14.9 Å². The van der Waals surface area contributed by atoms with Crippen LogP contribution in [0.3, 0.4) is 0 Å². The van der Waals surface area contributed by atoms with Gasteiger partial charge in [-0.05, 0) is 49.2 Å². The molecule has 0 aromatic heterocycles. The molecule has 2 aromatic carbocycles. The van der Waals surface area contributed by atoms with Crippen molar-refractivity contribution in [2.45, 2.75) is 43.0 Å². The molecule has 1 saturated heterocycles. The summed E-state index contributed by atoms with van der Waals surface area (Å²) in [7, 11) is -3.71. The van der Waals surface area contributed by atoms with Gasteiger partial charge in [-0.1, -0.05) is 12.8 Å². The van der Waals surface area contributed by atoms with Crippen LogP contribution in [0.5, 0.6) is 11.5 Å². The third-order valence-corrected chi connectivity index (χ3v) is 7.74. The molecule has 1 saturated carbocycles. The number of sulfonamides is 1. The van der Waals surface area contributed by atoms with Gasteiger partial charge >= 0.3 is 0 Å². The molecule has 158 valence electrons. The summed E-state index contributed by atoms with van der Waals surface area (Å²) in [5, 5.41) is 10.7. The van der Waals surface area contributed by atoms with Crippen molar-refractivity contribution >= 4 is 21.5 Å². The molecule has 0 bridgehead atoms. The van der Waals surface area contributed by atoms with Crippen molar-refractivity contribution in [2.24, 2.45) is 5.92 Å². The number of carbonyl (C=O) groups excluding carboxylic acids is 1. The summed E-state index contributed by atoms with van der Waals surface area (Å²) in [4.78, 5) is 22.6. The fourth-order valence-corrected chi connectivity index (χ4v) is 5.98. The lowest BCUT2D eigenvalue weighted by Crippen LogP contribution is -2.53. The topological polar surface area (TPSA) is 107 Å². The number of benzene rings is 2. The molecule has 4 rings (SSSR count). The van der Waals surface area contributed by atoms with Gasteiger partial charge < -0.3 is 4.74 Å². The van der Waals surface area contributed by atoms with E-state index >= 15 is 0 Å². The Morgan fingerprint density at radius 3 is 2.20 bits per heavy atom. The zero-order chi connectivity index (χ0) is 21.3. The molecule has 2 atom stereocenters. The van der Waals surface area contributed by atoms with E-state index in [1.165, 1.54) is 40.7 Å². The smallest absolute Gasteiger partial charge is 0.269 e. The number of hydrogen-bond acceptors (Lipinski definition) is 6. The Hall–Kier alpha value is -2.78. The van der Waals surface area contributed by atoms with Crippen molar-refractivity contribution in [3.63, 3.8) is 0 Å². The summed E-state index contributed by atoms with van der Waals surface area (Å²) in [6, 6.07) is 11.5.